The average Bonchev–Trinajstić information content (AvgIpc) is 2.53. The van der Waals surface area contributed by atoms with E-state index in [0.717, 1.165) is 16.5 Å². The number of carboxylic acid groups (broad SMARTS) is 1. The van der Waals surface area contributed by atoms with E-state index in [9.17, 15) is 9.90 Å². The van der Waals surface area contributed by atoms with Gasteiger partial charge in [-0.1, -0.05) is 41.4 Å². The van der Waals surface area contributed by atoms with Crippen LogP contribution in [0.15, 0.2) is 36.4 Å². The number of hydrogen-bond acceptors (Lipinski definition) is 3. The third kappa shape index (κ3) is 2.59. The van der Waals surface area contributed by atoms with Crippen molar-refractivity contribution < 1.29 is 14.6 Å². The Bertz CT molecular complexity index is 966. The van der Waals surface area contributed by atoms with Crippen LogP contribution >= 0.6 is 11.6 Å². The molecule has 5 heteroatoms. The minimum absolute atomic E-state index is 0.0168. The van der Waals surface area contributed by atoms with Crippen molar-refractivity contribution in [2.75, 3.05) is 7.11 Å². The lowest BCUT2D eigenvalue weighted by molar-refractivity contribution is 0.0693. The van der Waals surface area contributed by atoms with Gasteiger partial charge < -0.3 is 9.84 Å². The van der Waals surface area contributed by atoms with Crippen molar-refractivity contribution in [2.45, 2.75) is 13.8 Å². The van der Waals surface area contributed by atoms with Gasteiger partial charge in [-0.05, 0) is 31.5 Å². The van der Waals surface area contributed by atoms with Gasteiger partial charge in [-0.3, -0.25) is 0 Å². The Balaban J connectivity index is 2.59. The number of rotatable bonds is 3. The molecule has 0 saturated heterocycles. The van der Waals surface area contributed by atoms with Gasteiger partial charge >= 0.3 is 5.97 Å². The predicted octanol–water partition coefficient (Wildman–Crippen LogP) is 4.88. The van der Waals surface area contributed by atoms with Gasteiger partial charge in [0.15, 0.2) is 0 Å². The van der Waals surface area contributed by atoms with E-state index >= 15 is 0 Å². The Morgan fingerprint density at radius 1 is 1.21 bits per heavy atom. The van der Waals surface area contributed by atoms with Gasteiger partial charge in [0.25, 0.3) is 0 Å². The highest BCUT2D eigenvalue weighted by molar-refractivity contribution is 6.34. The Hall–Kier alpha value is -2.59. The molecule has 0 atom stereocenters. The summed E-state index contributed by atoms with van der Waals surface area (Å²) in [7, 11) is 1.42. The normalized spacial score (nSPS) is 10.8. The van der Waals surface area contributed by atoms with Crippen molar-refractivity contribution >= 4 is 28.5 Å². The fourth-order valence-corrected chi connectivity index (χ4v) is 3.22. The van der Waals surface area contributed by atoms with E-state index in [1.54, 1.807) is 12.1 Å². The van der Waals surface area contributed by atoms with Crippen LogP contribution < -0.4 is 4.74 Å². The highest BCUT2D eigenvalue weighted by Crippen LogP contribution is 2.40. The number of nitrogens with zero attached hydrogens (tertiary/aromatic N) is 1. The molecule has 0 aliphatic rings. The summed E-state index contributed by atoms with van der Waals surface area (Å²) in [6.07, 6.45) is 0. The summed E-state index contributed by atoms with van der Waals surface area (Å²) in [6.45, 7) is 3.91. The average molecular weight is 342 g/mol. The summed E-state index contributed by atoms with van der Waals surface area (Å²) >= 11 is 6.36. The number of halogens is 1. The monoisotopic (exact) mass is 341 g/mol. The standard InChI is InChI=1S/C19H16ClNO3/c1-10-8-11(2)17-13(9-10)15(12-6-4-5-7-14(12)20)16(19(22)23)18(21-17)24-3/h4-9H,1-3H3,(H,22,23). The van der Waals surface area contributed by atoms with E-state index in [-0.39, 0.29) is 11.4 Å². The fraction of sp³-hybridized carbons (Fsp3) is 0.158. The van der Waals surface area contributed by atoms with E-state index in [1.807, 2.05) is 38.1 Å². The zero-order chi connectivity index (χ0) is 17.4. The molecule has 0 saturated carbocycles. The molecule has 0 bridgehead atoms. The van der Waals surface area contributed by atoms with Crippen molar-refractivity contribution in [1.82, 2.24) is 4.98 Å². The third-order valence-corrected chi connectivity index (χ3v) is 4.27. The van der Waals surface area contributed by atoms with Gasteiger partial charge in [-0.2, -0.15) is 0 Å². The van der Waals surface area contributed by atoms with Crippen molar-refractivity contribution in [3.63, 3.8) is 0 Å². The molecule has 0 spiro atoms. The number of methoxy groups -OCH3 is 1. The van der Waals surface area contributed by atoms with Gasteiger partial charge in [0.05, 0.1) is 12.6 Å². The Kier molecular flexibility index (Phi) is 4.16. The highest BCUT2D eigenvalue weighted by Gasteiger charge is 2.24. The van der Waals surface area contributed by atoms with Crippen molar-refractivity contribution in [1.29, 1.82) is 0 Å². The molecular weight excluding hydrogens is 326 g/mol. The number of ether oxygens (including phenoxy) is 1. The lowest BCUT2D eigenvalue weighted by atomic mass is 9.93. The molecule has 0 fully saturated rings. The first-order valence-corrected chi connectivity index (χ1v) is 7.79. The number of aryl methyl sites for hydroxylation is 2. The Morgan fingerprint density at radius 2 is 1.92 bits per heavy atom. The number of benzene rings is 2. The molecule has 3 rings (SSSR count). The van der Waals surface area contributed by atoms with E-state index < -0.39 is 5.97 Å². The quantitative estimate of drug-likeness (QED) is 0.737. The van der Waals surface area contributed by atoms with Crippen LogP contribution in [-0.2, 0) is 0 Å². The second kappa shape index (κ2) is 6.13. The summed E-state index contributed by atoms with van der Waals surface area (Å²) in [5.41, 5.74) is 3.87. The number of carbonyl (C=O) groups is 1. The second-order valence-corrected chi connectivity index (χ2v) is 6.04. The van der Waals surface area contributed by atoms with E-state index in [4.69, 9.17) is 16.3 Å². The first-order chi connectivity index (χ1) is 11.4. The number of hydrogen-bond donors (Lipinski definition) is 1. The molecule has 122 valence electrons. The molecule has 0 radical (unpaired) electrons. The van der Waals surface area contributed by atoms with Gasteiger partial charge in [-0.15, -0.1) is 0 Å². The van der Waals surface area contributed by atoms with Crippen LogP contribution in [0.5, 0.6) is 5.88 Å². The molecule has 4 nitrogen and oxygen atoms in total. The molecule has 1 N–H and O–H groups in total. The topological polar surface area (TPSA) is 59.4 Å². The highest BCUT2D eigenvalue weighted by atomic mass is 35.5. The largest absolute Gasteiger partial charge is 0.480 e. The SMILES string of the molecule is COc1nc2c(C)cc(C)cc2c(-c2ccccc2Cl)c1C(=O)O. The van der Waals surface area contributed by atoms with Crippen LogP contribution in [0.1, 0.15) is 21.5 Å². The molecular formula is C19H16ClNO3. The van der Waals surface area contributed by atoms with Crippen LogP contribution in [0.2, 0.25) is 5.02 Å². The first kappa shape index (κ1) is 16.3. The molecule has 3 aromatic rings. The van der Waals surface area contributed by atoms with E-state index in [2.05, 4.69) is 4.98 Å². The van der Waals surface area contributed by atoms with Crippen LogP contribution in [0.4, 0.5) is 0 Å². The van der Waals surface area contributed by atoms with Gasteiger partial charge in [0.1, 0.15) is 5.56 Å². The van der Waals surface area contributed by atoms with Gasteiger partial charge in [0, 0.05) is 21.5 Å². The van der Waals surface area contributed by atoms with Crippen molar-refractivity contribution in [2.24, 2.45) is 0 Å². The molecule has 1 heterocycles. The van der Waals surface area contributed by atoms with Crippen LogP contribution in [0, 0.1) is 13.8 Å². The number of aromatic carboxylic acids is 1. The van der Waals surface area contributed by atoms with Crippen LogP contribution in [0.25, 0.3) is 22.0 Å². The lowest BCUT2D eigenvalue weighted by Gasteiger charge is -2.16. The lowest BCUT2D eigenvalue weighted by Crippen LogP contribution is -2.07. The van der Waals surface area contributed by atoms with Crippen LogP contribution in [0.3, 0.4) is 0 Å². The predicted molar refractivity (Wildman–Crippen MR) is 95.2 cm³/mol. The van der Waals surface area contributed by atoms with E-state index in [1.165, 1.54) is 7.11 Å². The number of fused-ring (bicyclic) bond motifs is 1. The molecule has 0 aliphatic heterocycles. The summed E-state index contributed by atoms with van der Waals surface area (Å²) in [5, 5.41) is 11.0. The number of aromatic nitrogens is 1. The van der Waals surface area contributed by atoms with Crippen molar-refractivity contribution in [3.05, 3.63) is 58.1 Å². The summed E-state index contributed by atoms with van der Waals surface area (Å²) in [5.74, 6) is -1.02. The molecule has 0 aliphatic carbocycles. The summed E-state index contributed by atoms with van der Waals surface area (Å²) in [4.78, 5) is 16.4. The molecule has 1 aromatic heterocycles. The number of pyridine rings is 1. The molecule has 2 aromatic carbocycles. The Morgan fingerprint density at radius 3 is 2.54 bits per heavy atom. The Labute approximate surface area is 144 Å². The minimum Gasteiger partial charge on any atom is -0.480 e. The van der Waals surface area contributed by atoms with E-state index in [0.29, 0.717) is 21.7 Å². The molecule has 0 unspecified atom stereocenters. The number of carboxylic acids is 1. The zero-order valence-electron chi connectivity index (χ0n) is 13.6. The smallest absolute Gasteiger partial charge is 0.341 e. The second-order valence-electron chi connectivity index (χ2n) is 5.63. The summed E-state index contributed by atoms with van der Waals surface area (Å²) in [6, 6.07) is 11.1. The third-order valence-electron chi connectivity index (χ3n) is 3.94. The fourth-order valence-electron chi connectivity index (χ4n) is 2.99. The van der Waals surface area contributed by atoms with Crippen LogP contribution in [-0.4, -0.2) is 23.2 Å². The first-order valence-electron chi connectivity index (χ1n) is 7.41. The van der Waals surface area contributed by atoms with Gasteiger partial charge in [0.2, 0.25) is 5.88 Å². The molecule has 0 amide bonds. The maximum Gasteiger partial charge on any atom is 0.341 e. The maximum absolute atomic E-state index is 11.9. The molecule has 24 heavy (non-hydrogen) atoms. The van der Waals surface area contributed by atoms with Crippen molar-refractivity contribution in [3.8, 4) is 17.0 Å². The summed E-state index contributed by atoms with van der Waals surface area (Å²) < 4.78 is 5.27. The minimum atomic E-state index is -1.10. The maximum atomic E-state index is 11.9. The zero-order valence-corrected chi connectivity index (χ0v) is 14.3. The van der Waals surface area contributed by atoms with Gasteiger partial charge in [-0.25, -0.2) is 9.78 Å².